The summed E-state index contributed by atoms with van der Waals surface area (Å²) in [5.41, 5.74) is 0. The number of amides is 4. The monoisotopic (exact) mass is 282 g/mol. The van der Waals surface area contributed by atoms with E-state index < -0.39 is 0 Å². The van der Waals surface area contributed by atoms with Crippen LogP contribution in [-0.4, -0.2) is 54.1 Å². The van der Waals surface area contributed by atoms with Crippen molar-refractivity contribution >= 4 is 17.8 Å². The minimum atomic E-state index is -0.346. The maximum Gasteiger partial charge on any atom is 0.317 e. The number of urea groups is 1. The fourth-order valence-electron chi connectivity index (χ4n) is 2.47. The Bertz CT molecular complexity index is 386. The van der Waals surface area contributed by atoms with Gasteiger partial charge in [0.1, 0.15) is 0 Å². The largest absolute Gasteiger partial charge is 0.325 e. The van der Waals surface area contributed by atoms with Gasteiger partial charge >= 0.3 is 6.03 Å². The first-order chi connectivity index (χ1) is 9.66. The van der Waals surface area contributed by atoms with Crippen LogP contribution < -0.4 is 10.6 Å². The number of likely N-dealkylation sites (tertiary alicyclic amines) is 2. The number of hydrogen-bond acceptors (Lipinski definition) is 3. The standard InChI is InChI=1S/C13H22N4O3/c18-11-5-2-1-3-7-16(11)9-14-13(20)15-10-17-8-4-6-12(17)19/h1-10H2,(H2,14,15,20). The normalized spacial score (nSPS) is 20.0. The lowest BCUT2D eigenvalue weighted by atomic mass is 10.2. The summed E-state index contributed by atoms with van der Waals surface area (Å²) in [6.45, 7) is 1.87. The van der Waals surface area contributed by atoms with Crippen LogP contribution in [0.25, 0.3) is 0 Å². The third-order valence-corrected chi connectivity index (χ3v) is 3.70. The molecule has 0 radical (unpaired) electrons. The number of carbonyl (C=O) groups is 3. The van der Waals surface area contributed by atoms with Crippen LogP contribution in [-0.2, 0) is 9.59 Å². The van der Waals surface area contributed by atoms with E-state index in [4.69, 9.17) is 0 Å². The Balaban J connectivity index is 1.66. The van der Waals surface area contributed by atoms with E-state index in [9.17, 15) is 14.4 Å². The van der Waals surface area contributed by atoms with Gasteiger partial charge in [-0.1, -0.05) is 6.42 Å². The van der Waals surface area contributed by atoms with Gasteiger partial charge < -0.3 is 20.4 Å². The van der Waals surface area contributed by atoms with Crippen LogP contribution >= 0.6 is 0 Å². The molecule has 7 heteroatoms. The molecule has 112 valence electrons. The van der Waals surface area contributed by atoms with E-state index >= 15 is 0 Å². The average Bonchev–Trinajstić information content (AvgIpc) is 2.72. The molecule has 2 fully saturated rings. The smallest absolute Gasteiger partial charge is 0.317 e. The Morgan fingerprint density at radius 2 is 1.40 bits per heavy atom. The first kappa shape index (κ1) is 14.6. The Hall–Kier alpha value is -1.79. The highest BCUT2D eigenvalue weighted by atomic mass is 16.2. The third kappa shape index (κ3) is 4.11. The van der Waals surface area contributed by atoms with Gasteiger partial charge in [0.25, 0.3) is 0 Å². The Morgan fingerprint density at radius 1 is 0.850 bits per heavy atom. The zero-order chi connectivity index (χ0) is 14.4. The van der Waals surface area contributed by atoms with Crippen molar-refractivity contribution in [3.8, 4) is 0 Å². The minimum absolute atomic E-state index is 0.0768. The maximum atomic E-state index is 11.7. The number of nitrogens with zero attached hydrogens (tertiary/aromatic N) is 2. The molecule has 2 rings (SSSR count). The quantitative estimate of drug-likeness (QED) is 0.774. The van der Waals surface area contributed by atoms with Crippen molar-refractivity contribution < 1.29 is 14.4 Å². The summed E-state index contributed by atoms with van der Waals surface area (Å²) >= 11 is 0. The van der Waals surface area contributed by atoms with Crippen molar-refractivity contribution in [2.75, 3.05) is 26.4 Å². The highest BCUT2D eigenvalue weighted by Gasteiger charge is 2.20. The predicted octanol–water partition coefficient (Wildman–Crippen LogP) is 0.226. The van der Waals surface area contributed by atoms with Crippen molar-refractivity contribution in [3.63, 3.8) is 0 Å². The molecule has 0 aromatic rings. The predicted molar refractivity (Wildman–Crippen MR) is 72.5 cm³/mol. The first-order valence-corrected chi connectivity index (χ1v) is 7.24. The summed E-state index contributed by atoms with van der Waals surface area (Å²) in [7, 11) is 0. The third-order valence-electron chi connectivity index (χ3n) is 3.70. The number of nitrogens with one attached hydrogen (secondary N) is 2. The second kappa shape index (κ2) is 7.12. The molecule has 0 spiro atoms. The van der Waals surface area contributed by atoms with E-state index in [0.29, 0.717) is 25.9 Å². The van der Waals surface area contributed by atoms with Crippen molar-refractivity contribution in [1.29, 1.82) is 0 Å². The molecule has 20 heavy (non-hydrogen) atoms. The van der Waals surface area contributed by atoms with Crippen molar-refractivity contribution in [2.45, 2.75) is 38.5 Å². The van der Waals surface area contributed by atoms with Crippen molar-refractivity contribution in [1.82, 2.24) is 20.4 Å². The molecule has 0 bridgehead atoms. The molecule has 4 amide bonds. The second-order valence-corrected chi connectivity index (χ2v) is 5.23. The summed E-state index contributed by atoms with van der Waals surface area (Å²) in [4.78, 5) is 38.1. The van der Waals surface area contributed by atoms with Crippen LogP contribution in [0.2, 0.25) is 0 Å². The van der Waals surface area contributed by atoms with Gasteiger partial charge in [0.2, 0.25) is 11.8 Å². The summed E-state index contributed by atoms with van der Waals surface area (Å²) in [6.07, 6.45) is 4.95. The molecule has 2 heterocycles. The Labute approximate surface area is 118 Å². The van der Waals surface area contributed by atoms with E-state index in [1.807, 2.05) is 0 Å². The van der Waals surface area contributed by atoms with Crippen LogP contribution in [0.1, 0.15) is 38.5 Å². The van der Waals surface area contributed by atoms with Crippen LogP contribution in [0, 0.1) is 0 Å². The molecule has 0 unspecified atom stereocenters. The Morgan fingerprint density at radius 3 is 1.95 bits per heavy atom. The second-order valence-electron chi connectivity index (χ2n) is 5.23. The minimum Gasteiger partial charge on any atom is -0.325 e. The molecule has 0 atom stereocenters. The zero-order valence-electron chi connectivity index (χ0n) is 11.7. The van der Waals surface area contributed by atoms with Gasteiger partial charge in [-0.2, -0.15) is 0 Å². The average molecular weight is 282 g/mol. The van der Waals surface area contributed by atoms with Crippen LogP contribution in [0.3, 0.4) is 0 Å². The fraction of sp³-hybridized carbons (Fsp3) is 0.769. The SMILES string of the molecule is O=C(NCN1CCCCCC1=O)NCN1CCCC1=O. The van der Waals surface area contributed by atoms with Gasteiger partial charge in [-0.25, -0.2) is 4.79 Å². The summed E-state index contributed by atoms with van der Waals surface area (Å²) < 4.78 is 0. The molecule has 2 aliphatic rings. The van der Waals surface area contributed by atoms with E-state index in [0.717, 1.165) is 25.7 Å². The molecule has 2 N–H and O–H groups in total. The lowest BCUT2D eigenvalue weighted by molar-refractivity contribution is -0.131. The first-order valence-electron chi connectivity index (χ1n) is 7.24. The van der Waals surface area contributed by atoms with E-state index in [2.05, 4.69) is 10.6 Å². The van der Waals surface area contributed by atoms with Crippen LogP contribution in [0.5, 0.6) is 0 Å². The Kier molecular flexibility index (Phi) is 5.20. The lowest BCUT2D eigenvalue weighted by Gasteiger charge is -2.22. The van der Waals surface area contributed by atoms with Crippen LogP contribution in [0.4, 0.5) is 4.79 Å². The van der Waals surface area contributed by atoms with E-state index in [1.165, 1.54) is 0 Å². The molecular weight excluding hydrogens is 260 g/mol. The van der Waals surface area contributed by atoms with Gasteiger partial charge in [-0.15, -0.1) is 0 Å². The molecule has 7 nitrogen and oxygen atoms in total. The molecular formula is C13H22N4O3. The lowest BCUT2D eigenvalue weighted by Crippen LogP contribution is -2.47. The van der Waals surface area contributed by atoms with Gasteiger partial charge in [-0.05, 0) is 19.3 Å². The molecule has 0 saturated carbocycles. The fourth-order valence-corrected chi connectivity index (χ4v) is 2.47. The highest BCUT2D eigenvalue weighted by molar-refractivity contribution is 5.80. The van der Waals surface area contributed by atoms with Gasteiger partial charge in [-0.3, -0.25) is 9.59 Å². The van der Waals surface area contributed by atoms with Crippen molar-refractivity contribution in [2.24, 2.45) is 0 Å². The molecule has 2 saturated heterocycles. The molecule has 2 aliphatic heterocycles. The summed E-state index contributed by atoms with van der Waals surface area (Å²) in [5.74, 6) is 0.172. The number of rotatable bonds is 4. The summed E-state index contributed by atoms with van der Waals surface area (Å²) in [6, 6.07) is -0.346. The number of carbonyl (C=O) groups excluding carboxylic acids is 3. The van der Waals surface area contributed by atoms with Gasteiger partial charge in [0.05, 0.1) is 13.3 Å². The van der Waals surface area contributed by atoms with Crippen LogP contribution in [0.15, 0.2) is 0 Å². The summed E-state index contributed by atoms with van der Waals surface area (Å²) in [5, 5.41) is 5.31. The van der Waals surface area contributed by atoms with E-state index in [1.54, 1.807) is 9.80 Å². The number of hydrogen-bond donors (Lipinski definition) is 2. The zero-order valence-corrected chi connectivity index (χ0v) is 11.7. The van der Waals surface area contributed by atoms with Crippen molar-refractivity contribution in [3.05, 3.63) is 0 Å². The van der Waals surface area contributed by atoms with Gasteiger partial charge in [0, 0.05) is 25.9 Å². The molecule has 0 aromatic carbocycles. The van der Waals surface area contributed by atoms with Gasteiger partial charge in [0.15, 0.2) is 0 Å². The molecule has 0 aliphatic carbocycles. The topological polar surface area (TPSA) is 81.8 Å². The maximum absolute atomic E-state index is 11.7. The molecule has 0 aromatic heterocycles. The highest BCUT2D eigenvalue weighted by Crippen LogP contribution is 2.10. The van der Waals surface area contributed by atoms with E-state index in [-0.39, 0.29) is 31.2 Å².